The van der Waals surface area contributed by atoms with Crippen LogP contribution in [0, 0.1) is 5.41 Å². The number of aliphatic hydroxyl groups is 1. The van der Waals surface area contributed by atoms with Gasteiger partial charge in [-0.25, -0.2) is 18.5 Å². The molecule has 2 rings (SSSR count). The van der Waals surface area contributed by atoms with Crippen LogP contribution >= 0.6 is 23.5 Å². The molecule has 0 saturated carbocycles. The Balaban J connectivity index is 2.23. The lowest BCUT2D eigenvalue weighted by Gasteiger charge is -2.29. The molecule has 0 aliphatic carbocycles. The number of anilines is 1. The van der Waals surface area contributed by atoms with Gasteiger partial charge in [0.25, 0.3) is 0 Å². The number of carbonyl (C=O) groups excluding carboxylic acids is 1. The maximum atomic E-state index is 12.1. The number of hydrogen-bond donors (Lipinski definition) is 7. The van der Waals surface area contributed by atoms with Crippen molar-refractivity contribution in [2.75, 3.05) is 12.3 Å². The molecule has 0 bridgehead atoms. The van der Waals surface area contributed by atoms with E-state index in [1.807, 2.05) is 0 Å². The molecule has 1 fully saturated rings. The topological polar surface area (TPSA) is 293 Å². The summed E-state index contributed by atoms with van der Waals surface area (Å²) >= 11 is 0. The first-order chi connectivity index (χ1) is 14.4. The standard InChI is InChI=1S/C11H19N4O14P3/c1-11(8(13)17)7(16)5(27-9(11)15-3-2-6(12)14-10(15)18)4-26-31(22,23)29-32(24,25)28-30(19,20)21/h2-3,5,7,9,16H,4H2,1H3,(H2,13,17)(H,22,23)(H,24,25)(H2,12,14,18)(H2,19,20,21)/t5-,7-,9-,11+/m1/s1. The van der Waals surface area contributed by atoms with Gasteiger partial charge in [0.1, 0.15) is 23.4 Å². The minimum atomic E-state index is -5.77. The van der Waals surface area contributed by atoms with Gasteiger partial charge in [0.15, 0.2) is 6.23 Å². The van der Waals surface area contributed by atoms with Crippen molar-refractivity contribution in [2.45, 2.75) is 25.4 Å². The van der Waals surface area contributed by atoms with Gasteiger partial charge in [-0.1, -0.05) is 0 Å². The van der Waals surface area contributed by atoms with E-state index in [0.29, 0.717) is 0 Å². The number of primary amides is 1. The number of nitrogens with two attached hydrogens (primary N) is 2. The number of phosphoric acid groups is 3. The van der Waals surface area contributed by atoms with Gasteiger partial charge in [-0.3, -0.25) is 13.9 Å². The largest absolute Gasteiger partial charge is 0.490 e. The molecule has 2 heterocycles. The minimum Gasteiger partial charge on any atom is -0.389 e. The lowest BCUT2D eigenvalue weighted by molar-refractivity contribution is -0.137. The van der Waals surface area contributed by atoms with E-state index in [9.17, 15) is 33.3 Å². The van der Waals surface area contributed by atoms with Crippen LogP contribution in [0.4, 0.5) is 5.82 Å². The molecule has 1 saturated heterocycles. The summed E-state index contributed by atoms with van der Waals surface area (Å²) < 4.78 is 51.5. The average molecular weight is 524 g/mol. The molecule has 2 unspecified atom stereocenters. The fourth-order valence-electron chi connectivity index (χ4n) is 2.74. The zero-order chi connectivity index (χ0) is 24.7. The summed E-state index contributed by atoms with van der Waals surface area (Å²) in [6.07, 6.45) is -3.97. The number of amides is 1. The van der Waals surface area contributed by atoms with Gasteiger partial charge in [0.05, 0.1) is 6.61 Å². The summed E-state index contributed by atoms with van der Waals surface area (Å²) in [5, 5.41) is 10.5. The highest BCUT2D eigenvalue weighted by Crippen LogP contribution is 2.66. The zero-order valence-electron chi connectivity index (χ0n) is 15.9. The Morgan fingerprint density at radius 2 is 1.84 bits per heavy atom. The predicted molar refractivity (Wildman–Crippen MR) is 99.9 cm³/mol. The van der Waals surface area contributed by atoms with Crippen molar-refractivity contribution in [1.82, 2.24) is 9.55 Å². The van der Waals surface area contributed by atoms with Crippen LogP contribution in [0.3, 0.4) is 0 Å². The van der Waals surface area contributed by atoms with Crippen LogP contribution in [0.15, 0.2) is 17.1 Å². The van der Waals surface area contributed by atoms with Crippen molar-refractivity contribution < 1.29 is 61.1 Å². The highest BCUT2D eigenvalue weighted by Gasteiger charge is 2.58. The quantitative estimate of drug-likeness (QED) is 0.170. The van der Waals surface area contributed by atoms with Gasteiger partial charge in [0.2, 0.25) is 5.91 Å². The van der Waals surface area contributed by atoms with Crippen LogP contribution in [0.2, 0.25) is 0 Å². The molecule has 182 valence electrons. The average Bonchev–Trinajstić information content (AvgIpc) is 2.83. The maximum Gasteiger partial charge on any atom is 0.490 e. The first-order valence-electron chi connectivity index (χ1n) is 8.14. The zero-order valence-corrected chi connectivity index (χ0v) is 18.6. The number of phosphoric ester groups is 1. The molecule has 1 amide bonds. The number of carbonyl (C=O) groups is 1. The smallest absolute Gasteiger partial charge is 0.389 e. The van der Waals surface area contributed by atoms with Gasteiger partial charge in [-0.2, -0.15) is 13.6 Å². The monoisotopic (exact) mass is 524 g/mol. The number of aromatic nitrogens is 2. The molecule has 1 aromatic rings. The summed E-state index contributed by atoms with van der Waals surface area (Å²) in [6.45, 7) is 0.0413. The number of nitrogen functional groups attached to an aromatic ring is 1. The highest BCUT2D eigenvalue weighted by molar-refractivity contribution is 7.66. The molecule has 32 heavy (non-hydrogen) atoms. The fraction of sp³-hybridized carbons (Fsp3) is 0.545. The number of hydrogen-bond acceptors (Lipinski definition) is 12. The molecule has 18 nitrogen and oxygen atoms in total. The van der Waals surface area contributed by atoms with Crippen LogP contribution in [0.25, 0.3) is 0 Å². The van der Waals surface area contributed by atoms with Gasteiger partial charge < -0.3 is 40.9 Å². The Kier molecular flexibility index (Phi) is 7.54. The summed E-state index contributed by atoms with van der Waals surface area (Å²) in [5.74, 6) is -1.30. The van der Waals surface area contributed by atoms with E-state index in [2.05, 4.69) is 18.1 Å². The second-order valence-corrected chi connectivity index (χ2v) is 11.0. The Hall–Kier alpha value is -1.52. The summed E-state index contributed by atoms with van der Waals surface area (Å²) in [5.41, 5.74) is 7.76. The fourth-order valence-corrected chi connectivity index (χ4v) is 5.77. The van der Waals surface area contributed by atoms with E-state index in [0.717, 1.165) is 17.7 Å². The maximum absolute atomic E-state index is 12.1. The summed E-state index contributed by atoms with van der Waals surface area (Å²) in [6, 6.07) is 1.18. The van der Waals surface area contributed by atoms with E-state index >= 15 is 0 Å². The first-order valence-corrected chi connectivity index (χ1v) is 12.7. The number of nitrogens with zero attached hydrogens (tertiary/aromatic N) is 2. The minimum absolute atomic E-state index is 0.158. The molecular weight excluding hydrogens is 505 g/mol. The van der Waals surface area contributed by atoms with Crippen molar-refractivity contribution in [1.29, 1.82) is 0 Å². The normalized spacial score (nSPS) is 29.9. The molecule has 21 heteroatoms. The van der Waals surface area contributed by atoms with Crippen LogP contribution in [0.5, 0.6) is 0 Å². The van der Waals surface area contributed by atoms with Crippen molar-refractivity contribution in [3.63, 3.8) is 0 Å². The molecule has 6 atom stereocenters. The third kappa shape index (κ3) is 6.08. The molecule has 1 aliphatic rings. The van der Waals surface area contributed by atoms with E-state index in [1.54, 1.807) is 0 Å². The van der Waals surface area contributed by atoms with Crippen LogP contribution in [0.1, 0.15) is 13.2 Å². The van der Waals surface area contributed by atoms with Gasteiger partial charge in [-0.05, 0) is 13.0 Å². The van der Waals surface area contributed by atoms with E-state index < -0.39 is 65.5 Å². The Morgan fingerprint density at radius 1 is 1.25 bits per heavy atom. The highest BCUT2D eigenvalue weighted by atomic mass is 31.3. The van der Waals surface area contributed by atoms with Crippen LogP contribution < -0.4 is 17.2 Å². The van der Waals surface area contributed by atoms with Crippen molar-refractivity contribution >= 4 is 35.2 Å². The van der Waals surface area contributed by atoms with Crippen molar-refractivity contribution in [3.8, 4) is 0 Å². The van der Waals surface area contributed by atoms with Gasteiger partial charge in [0, 0.05) is 6.20 Å². The number of ether oxygens (including phenoxy) is 1. The van der Waals surface area contributed by atoms with E-state index in [-0.39, 0.29) is 5.82 Å². The van der Waals surface area contributed by atoms with Crippen molar-refractivity contribution in [2.24, 2.45) is 11.1 Å². The van der Waals surface area contributed by atoms with Crippen LogP contribution in [-0.4, -0.2) is 59.0 Å². The third-order valence-electron chi connectivity index (χ3n) is 4.24. The molecule has 1 aliphatic heterocycles. The molecular formula is C11H19N4O14P3. The lowest BCUT2D eigenvalue weighted by atomic mass is 9.81. The van der Waals surface area contributed by atoms with Crippen LogP contribution in [-0.2, 0) is 36.4 Å². The number of aliphatic hydroxyl groups excluding tert-OH is 1. The molecule has 0 spiro atoms. The lowest BCUT2D eigenvalue weighted by Crippen LogP contribution is -2.49. The molecule has 0 aromatic carbocycles. The first kappa shape index (κ1) is 26.7. The Bertz CT molecular complexity index is 1090. The SMILES string of the molecule is C[C@@]1(C(N)=O)[C@H](O)[C@@H](COP(=O)(O)OP(=O)(O)OP(=O)(O)O)O[C@H]1n1ccc(N)nc1=O. The third-order valence-corrected chi connectivity index (χ3v) is 8.04. The van der Waals surface area contributed by atoms with E-state index in [4.69, 9.17) is 30.9 Å². The summed E-state index contributed by atoms with van der Waals surface area (Å²) in [4.78, 5) is 63.3. The Labute approximate surface area is 178 Å². The second-order valence-electron chi connectivity index (χ2n) is 6.55. The van der Waals surface area contributed by atoms with Gasteiger partial charge >= 0.3 is 29.2 Å². The Morgan fingerprint density at radius 3 is 2.34 bits per heavy atom. The van der Waals surface area contributed by atoms with Gasteiger partial charge in [-0.15, -0.1) is 0 Å². The number of rotatable bonds is 9. The molecule has 9 N–H and O–H groups in total. The van der Waals surface area contributed by atoms with E-state index in [1.165, 1.54) is 6.07 Å². The summed E-state index contributed by atoms with van der Waals surface area (Å²) in [7, 11) is -16.9. The predicted octanol–water partition coefficient (Wildman–Crippen LogP) is -2.08. The molecule has 0 radical (unpaired) electrons. The van der Waals surface area contributed by atoms with Crippen molar-refractivity contribution in [3.05, 3.63) is 22.7 Å². The molecule has 1 aromatic heterocycles. The second kappa shape index (κ2) is 9.02.